The number of imidazole rings is 1. The van der Waals surface area contributed by atoms with Crippen LogP contribution in [0.4, 0.5) is 0 Å². The van der Waals surface area contributed by atoms with Crippen molar-refractivity contribution in [3.8, 4) is 5.75 Å². The molecule has 0 radical (unpaired) electrons. The maximum atomic E-state index is 12.5. The number of hydrogen-bond acceptors (Lipinski definition) is 5. The smallest absolute Gasteiger partial charge is 0.223 e. The van der Waals surface area contributed by atoms with Crippen molar-refractivity contribution in [2.75, 3.05) is 33.3 Å². The summed E-state index contributed by atoms with van der Waals surface area (Å²) in [5.74, 6) is 1.78. The second-order valence-electron chi connectivity index (χ2n) is 7.51. The molecule has 7 heteroatoms. The lowest BCUT2D eigenvalue weighted by atomic mass is 10.1. The number of benzene rings is 2. The molecule has 0 saturated carbocycles. The summed E-state index contributed by atoms with van der Waals surface area (Å²) in [4.78, 5) is 36.8. The minimum absolute atomic E-state index is 0.0177. The van der Waals surface area contributed by atoms with Crippen LogP contribution in [0.5, 0.6) is 5.75 Å². The molecule has 1 aromatic heterocycles. The number of carbonyl (C=O) groups is 2. The summed E-state index contributed by atoms with van der Waals surface area (Å²) in [7, 11) is 1.65. The van der Waals surface area contributed by atoms with Gasteiger partial charge in [-0.25, -0.2) is 4.98 Å². The molecule has 1 aliphatic heterocycles. The van der Waals surface area contributed by atoms with Crippen molar-refractivity contribution in [3.63, 3.8) is 0 Å². The molecule has 1 aliphatic rings. The Labute approximate surface area is 175 Å². The summed E-state index contributed by atoms with van der Waals surface area (Å²) in [6.45, 7) is 3.64. The standard InChI is InChI=1S/C23H26N4O3/c1-30-18-7-8-19-20(15-18)25-22(24-19)16-26-11-13-27(14-12-26)23(29)10-9-21(28)17-5-3-2-4-6-17/h2-8,15H,9-14,16H2,1H3,(H,24,25). The first kappa shape index (κ1) is 20.1. The van der Waals surface area contributed by atoms with Crippen LogP contribution in [-0.4, -0.2) is 64.7 Å². The lowest BCUT2D eigenvalue weighted by Gasteiger charge is -2.34. The van der Waals surface area contributed by atoms with E-state index in [0.717, 1.165) is 35.7 Å². The number of H-pyrrole nitrogens is 1. The number of hydrogen-bond donors (Lipinski definition) is 1. The molecule has 2 aromatic carbocycles. The Kier molecular flexibility index (Phi) is 6.09. The number of methoxy groups -OCH3 is 1. The Balaban J connectivity index is 1.25. The molecule has 0 bridgehead atoms. The second kappa shape index (κ2) is 9.09. The van der Waals surface area contributed by atoms with Crippen LogP contribution in [0.25, 0.3) is 11.0 Å². The van der Waals surface area contributed by atoms with E-state index in [1.807, 2.05) is 41.3 Å². The van der Waals surface area contributed by atoms with E-state index in [-0.39, 0.29) is 24.5 Å². The number of carbonyl (C=O) groups excluding carboxylic acids is 2. The van der Waals surface area contributed by atoms with Crippen LogP contribution >= 0.6 is 0 Å². The highest BCUT2D eigenvalue weighted by Gasteiger charge is 2.22. The molecule has 3 aromatic rings. The van der Waals surface area contributed by atoms with Crippen LogP contribution in [0.3, 0.4) is 0 Å². The number of fused-ring (bicyclic) bond motifs is 1. The fourth-order valence-electron chi connectivity index (χ4n) is 3.76. The highest BCUT2D eigenvalue weighted by molar-refractivity contribution is 5.97. The summed E-state index contributed by atoms with van der Waals surface area (Å²) in [6, 6.07) is 14.9. The van der Waals surface area contributed by atoms with Gasteiger partial charge >= 0.3 is 0 Å². The van der Waals surface area contributed by atoms with Crippen LogP contribution < -0.4 is 4.74 Å². The molecule has 1 fully saturated rings. The number of ketones is 1. The maximum Gasteiger partial charge on any atom is 0.223 e. The van der Waals surface area contributed by atoms with E-state index >= 15 is 0 Å². The van der Waals surface area contributed by atoms with Crippen molar-refractivity contribution in [2.45, 2.75) is 19.4 Å². The van der Waals surface area contributed by atoms with Gasteiger partial charge in [0.1, 0.15) is 11.6 Å². The molecule has 0 unspecified atom stereocenters. The van der Waals surface area contributed by atoms with E-state index in [0.29, 0.717) is 25.2 Å². The first-order valence-electron chi connectivity index (χ1n) is 10.2. The molecule has 30 heavy (non-hydrogen) atoms. The van der Waals surface area contributed by atoms with Gasteiger partial charge in [0.15, 0.2) is 5.78 Å². The van der Waals surface area contributed by atoms with Gasteiger partial charge in [-0.05, 0) is 12.1 Å². The molecule has 0 atom stereocenters. The fraction of sp³-hybridized carbons (Fsp3) is 0.348. The molecule has 0 spiro atoms. The first-order valence-corrected chi connectivity index (χ1v) is 10.2. The van der Waals surface area contributed by atoms with Crippen molar-refractivity contribution >= 4 is 22.7 Å². The average Bonchev–Trinajstić information content (AvgIpc) is 3.19. The fourth-order valence-corrected chi connectivity index (χ4v) is 3.76. The number of nitrogens with zero attached hydrogens (tertiary/aromatic N) is 3. The Morgan fingerprint density at radius 2 is 1.80 bits per heavy atom. The second-order valence-corrected chi connectivity index (χ2v) is 7.51. The average molecular weight is 406 g/mol. The summed E-state index contributed by atoms with van der Waals surface area (Å²) in [5.41, 5.74) is 2.54. The summed E-state index contributed by atoms with van der Waals surface area (Å²) < 4.78 is 5.26. The third-order valence-corrected chi connectivity index (χ3v) is 5.50. The number of aromatic nitrogens is 2. The number of rotatable bonds is 7. The van der Waals surface area contributed by atoms with Crippen molar-refractivity contribution < 1.29 is 14.3 Å². The van der Waals surface area contributed by atoms with Crippen LogP contribution in [0, 0.1) is 0 Å². The lowest BCUT2D eigenvalue weighted by Crippen LogP contribution is -2.48. The van der Waals surface area contributed by atoms with Crippen molar-refractivity contribution in [1.82, 2.24) is 19.8 Å². The van der Waals surface area contributed by atoms with Crippen LogP contribution in [0.2, 0.25) is 0 Å². The largest absolute Gasteiger partial charge is 0.497 e. The molecule has 1 N–H and O–H groups in total. The van der Waals surface area contributed by atoms with Gasteiger partial charge in [-0.15, -0.1) is 0 Å². The van der Waals surface area contributed by atoms with Gasteiger partial charge in [-0.1, -0.05) is 30.3 Å². The quantitative estimate of drug-likeness (QED) is 0.611. The molecule has 0 aliphatic carbocycles. The minimum Gasteiger partial charge on any atom is -0.497 e. The van der Waals surface area contributed by atoms with Gasteiger partial charge < -0.3 is 14.6 Å². The van der Waals surface area contributed by atoms with E-state index in [4.69, 9.17) is 4.74 Å². The number of piperazine rings is 1. The van der Waals surface area contributed by atoms with Gasteiger partial charge in [-0.3, -0.25) is 14.5 Å². The van der Waals surface area contributed by atoms with E-state index < -0.39 is 0 Å². The Morgan fingerprint density at radius 1 is 1.03 bits per heavy atom. The Bertz CT molecular complexity index is 1020. The van der Waals surface area contributed by atoms with Crippen LogP contribution in [0.1, 0.15) is 29.0 Å². The number of ether oxygens (including phenoxy) is 1. The molecule has 1 saturated heterocycles. The Hall–Kier alpha value is -3.19. The van der Waals surface area contributed by atoms with Gasteiger partial charge in [0.25, 0.3) is 0 Å². The molecule has 1 amide bonds. The molecule has 4 rings (SSSR count). The number of nitrogens with one attached hydrogen (secondary N) is 1. The van der Waals surface area contributed by atoms with Crippen LogP contribution in [-0.2, 0) is 11.3 Å². The van der Waals surface area contributed by atoms with Crippen molar-refractivity contribution in [3.05, 3.63) is 59.9 Å². The van der Waals surface area contributed by atoms with Crippen LogP contribution in [0.15, 0.2) is 48.5 Å². The van der Waals surface area contributed by atoms with Gasteiger partial charge in [0, 0.05) is 50.7 Å². The number of aromatic amines is 1. The van der Waals surface area contributed by atoms with Gasteiger partial charge in [0.05, 0.1) is 24.7 Å². The zero-order valence-corrected chi connectivity index (χ0v) is 17.1. The van der Waals surface area contributed by atoms with E-state index in [1.54, 1.807) is 19.2 Å². The summed E-state index contributed by atoms with van der Waals surface area (Å²) >= 11 is 0. The highest BCUT2D eigenvalue weighted by Crippen LogP contribution is 2.19. The molecule has 2 heterocycles. The maximum absolute atomic E-state index is 12.5. The zero-order chi connectivity index (χ0) is 20.9. The third-order valence-electron chi connectivity index (χ3n) is 5.50. The number of amides is 1. The lowest BCUT2D eigenvalue weighted by molar-refractivity contribution is -0.133. The first-order chi connectivity index (χ1) is 14.6. The topological polar surface area (TPSA) is 78.5 Å². The molecular weight excluding hydrogens is 380 g/mol. The number of Topliss-reactive ketones (excluding diaryl/α,β-unsaturated/α-hetero) is 1. The molecule has 7 nitrogen and oxygen atoms in total. The van der Waals surface area contributed by atoms with Crippen molar-refractivity contribution in [2.24, 2.45) is 0 Å². The van der Waals surface area contributed by atoms with E-state index in [2.05, 4.69) is 14.9 Å². The van der Waals surface area contributed by atoms with Crippen molar-refractivity contribution in [1.29, 1.82) is 0 Å². The summed E-state index contributed by atoms with van der Waals surface area (Å²) in [6.07, 6.45) is 0.518. The van der Waals surface area contributed by atoms with Gasteiger partial charge in [0.2, 0.25) is 5.91 Å². The monoisotopic (exact) mass is 406 g/mol. The third kappa shape index (κ3) is 4.68. The minimum atomic E-state index is 0.0177. The molecule has 156 valence electrons. The van der Waals surface area contributed by atoms with Gasteiger partial charge in [-0.2, -0.15) is 0 Å². The predicted octanol–water partition coefficient (Wildman–Crippen LogP) is 2.88. The predicted molar refractivity (Wildman–Crippen MR) is 115 cm³/mol. The summed E-state index contributed by atoms with van der Waals surface area (Å²) in [5, 5.41) is 0. The molecular formula is C23H26N4O3. The highest BCUT2D eigenvalue weighted by atomic mass is 16.5. The Morgan fingerprint density at radius 3 is 2.53 bits per heavy atom. The van der Waals surface area contributed by atoms with E-state index in [9.17, 15) is 9.59 Å². The SMILES string of the molecule is COc1ccc2nc(CN3CCN(C(=O)CCC(=O)c4ccccc4)CC3)[nH]c2c1. The van der Waals surface area contributed by atoms with E-state index in [1.165, 1.54) is 0 Å². The normalized spacial score (nSPS) is 14.8. The zero-order valence-electron chi connectivity index (χ0n) is 17.1.